The molecular weight excluding hydrogens is 410 g/mol. The maximum Gasteiger partial charge on any atom is 0.337 e. The highest BCUT2D eigenvalue weighted by Gasteiger charge is 2.10. The highest BCUT2D eigenvalue weighted by Crippen LogP contribution is 2.23. The van der Waals surface area contributed by atoms with Gasteiger partial charge in [0.05, 0.1) is 12.7 Å². The predicted molar refractivity (Wildman–Crippen MR) is 119 cm³/mol. The van der Waals surface area contributed by atoms with Gasteiger partial charge in [-0.05, 0) is 48.4 Å². The zero-order valence-corrected chi connectivity index (χ0v) is 17.8. The Kier molecular flexibility index (Phi) is 7.53. The van der Waals surface area contributed by atoms with Gasteiger partial charge in [0.2, 0.25) is 5.91 Å². The van der Waals surface area contributed by atoms with Crippen LogP contribution in [0.1, 0.15) is 32.8 Å². The van der Waals surface area contributed by atoms with Crippen molar-refractivity contribution in [3.05, 3.63) is 83.7 Å². The van der Waals surface area contributed by atoms with Crippen LogP contribution < -0.4 is 15.4 Å². The number of aromatic nitrogens is 1. The highest BCUT2D eigenvalue weighted by atomic mass is 16.5. The van der Waals surface area contributed by atoms with Crippen molar-refractivity contribution in [1.29, 1.82) is 0 Å². The Labute approximate surface area is 185 Å². The molecule has 0 fully saturated rings. The summed E-state index contributed by atoms with van der Waals surface area (Å²) < 4.78 is 10.5. The molecule has 32 heavy (non-hydrogen) atoms. The third-order valence-electron chi connectivity index (χ3n) is 4.53. The molecule has 0 saturated heterocycles. The van der Waals surface area contributed by atoms with E-state index in [2.05, 4.69) is 15.6 Å². The number of hydrogen-bond donors (Lipinski definition) is 2. The first-order valence-electron chi connectivity index (χ1n) is 9.91. The lowest BCUT2D eigenvalue weighted by molar-refractivity contribution is -0.116. The first-order chi connectivity index (χ1) is 15.5. The molecule has 0 radical (unpaired) electrons. The Morgan fingerprint density at radius 2 is 1.75 bits per heavy atom. The number of esters is 1. The van der Waals surface area contributed by atoms with E-state index >= 15 is 0 Å². The summed E-state index contributed by atoms with van der Waals surface area (Å²) in [4.78, 5) is 39.7. The van der Waals surface area contributed by atoms with Gasteiger partial charge in [0.15, 0.2) is 0 Å². The molecule has 1 aromatic heterocycles. The number of carbonyl (C=O) groups excluding carboxylic acids is 3. The molecule has 0 saturated carbocycles. The Morgan fingerprint density at radius 1 is 0.969 bits per heavy atom. The van der Waals surface area contributed by atoms with Crippen LogP contribution in [0.3, 0.4) is 0 Å². The van der Waals surface area contributed by atoms with E-state index in [0.717, 1.165) is 5.56 Å². The summed E-state index contributed by atoms with van der Waals surface area (Å²) in [6.07, 6.45) is 2.25. The predicted octanol–water partition coefficient (Wildman–Crippen LogP) is 3.59. The monoisotopic (exact) mass is 433 g/mol. The maximum atomic E-state index is 12.3. The molecule has 2 N–H and O–H groups in total. The molecule has 8 nitrogen and oxygen atoms in total. The number of anilines is 1. The van der Waals surface area contributed by atoms with Crippen LogP contribution in [-0.4, -0.2) is 36.9 Å². The molecule has 164 valence electrons. The molecule has 2 amide bonds. The minimum atomic E-state index is -0.463. The van der Waals surface area contributed by atoms with Gasteiger partial charge < -0.3 is 20.1 Å². The summed E-state index contributed by atoms with van der Waals surface area (Å²) in [5, 5.41) is 5.31. The summed E-state index contributed by atoms with van der Waals surface area (Å²) in [7, 11) is 2.84. The topological polar surface area (TPSA) is 107 Å². The summed E-state index contributed by atoms with van der Waals surface area (Å²) in [6, 6.07) is 17.2. The van der Waals surface area contributed by atoms with Gasteiger partial charge >= 0.3 is 5.97 Å². The van der Waals surface area contributed by atoms with Gasteiger partial charge in [-0.15, -0.1) is 0 Å². The lowest BCUT2D eigenvalue weighted by atomic mass is 10.1. The molecule has 8 heteroatoms. The molecule has 3 aromatic rings. The van der Waals surface area contributed by atoms with Gasteiger partial charge in [0.1, 0.15) is 17.2 Å². The van der Waals surface area contributed by atoms with E-state index in [-0.39, 0.29) is 23.9 Å². The molecule has 0 aliphatic carbocycles. The SMILES string of the molecule is CNC(=O)c1cc(Oc2cccc(CCC(=O)Nc3cccc(C(=O)OC)c3)c2)ccn1. The number of hydrogen-bond acceptors (Lipinski definition) is 6. The minimum Gasteiger partial charge on any atom is -0.465 e. The van der Waals surface area contributed by atoms with E-state index in [1.165, 1.54) is 20.4 Å². The first-order valence-corrected chi connectivity index (χ1v) is 9.91. The Morgan fingerprint density at radius 3 is 2.53 bits per heavy atom. The second kappa shape index (κ2) is 10.7. The van der Waals surface area contributed by atoms with Gasteiger partial charge in [0.25, 0.3) is 5.91 Å². The van der Waals surface area contributed by atoms with Crippen LogP contribution in [0.25, 0.3) is 0 Å². The van der Waals surface area contributed by atoms with E-state index < -0.39 is 5.97 Å². The zero-order valence-electron chi connectivity index (χ0n) is 17.8. The van der Waals surface area contributed by atoms with Crippen molar-refractivity contribution in [2.75, 3.05) is 19.5 Å². The number of nitrogens with zero attached hydrogens (tertiary/aromatic N) is 1. The number of aryl methyl sites for hydroxylation is 1. The third kappa shape index (κ3) is 6.15. The molecule has 2 aromatic carbocycles. The van der Waals surface area contributed by atoms with Crippen LogP contribution >= 0.6 is 0 Å². The second-order valence-electron chi connectivity index (χ2n) is 6.83. The number of benzene rings is 2. The normalized spacial score (nSPS) is 10.2. The lowest BCUT2D eigenvalue weighted by Crippen LogP contribution is -2.18. The zero-order chi connectivity index (χ0) is 22.9. The summed E-state index contributed by atoms with van der Waals surface area (Å²) in [6.45, 7) is 0. The van der Waals surface area contributed by atoms with E-state index in [1.807, 2.05) is 18.2 Å². The van der Waals surface area contributed by atoms with E-state index in [9.17, 15) is 14.4 Å². The fourth-order valence-corrected chi connectivity index (χ4v) is 2.95. The number of rotatable bonds is 8. The van der Waals surface area contributed by atoms with Gasteiger partial charge in [-0.1, -0.05) is 18.2 Å². The number of ether oxygens (including phenoxy) is 2. The van der Waals surface area contributed by atoms with Crippen molar-refractivity contribution >= 4 is 23.5 Å². The molecule has 0 aliphatic heterocycles. The Balaban J connectivity index is 1.59. The molecule has 0 unspecified atom stereocenters. The smallest absolute Gasteiger partial charge is 0.337 e. The molecule has 1 heterocycles. The van der Waals surface area contributed by atoms with E-state index in [1.54, 1.807) is 42.5 Å². The average Bonchev–Trinajstić information content (AvgIpc) is 2.82. The van der Waals surface area contributed by atoms with Crippen LogP contribution in [0.15, 0.2) is 66.9 Å². The molecule has 0 bridgehead atoms. The van der Waals surface area contributed by atoms with Crippen LogP contribution in [0.5, 0.6) is 11.5 Å². The van der Waals surface area contributed by atoms with Crippen molar-refractivity contribution in [2.24, 2.45) is 0 Å². The molecule has 0 spiro atoms. The quantitative estimate of drug-likeness (QED) is 0.526. The number of pyridine rings is 1. The third-order valence-corrected chi connectivity index (χ3v) is 4.53. The summed E-state index contributed by atoms with van der Waals surface area (Å²) in [5.41, 5.74) is 2.07. The fourth-order valence-electron chi connectivity index (χ4n) is 2.95. The van der Waals surface area contributed by atoms with Crippen molar-refractivity contribution < 1.29 is 23.9 Å². The van der Waals surface area contributed by atoms with Crippen LogP contribution in [-0.2, 0) is 16.0 Å². The van der Waals surface area contributed by atoms with Crippen molar-refractivity contribution in [2.45, 2.75) is 12.8 Å². The lowest BCUT2D eigenvalue weighted by Gasteiger charge is -2.09. The summed E-state index contributed by atoms with van der Waals surface area (Å²) >= 11 is 0. The van der Waals surface area contributed by atoms with E-state index in [0.29, 0.717) is 29.2 Å². The average molecular weight is 433 g/mol. The first kappa shape index (κ1) is 22.5. The highest BCUT2D eigenvalue weighted by molar-refractivity contribution is 5.94. The number of carbonyl (C=O) groups is 3. The van der Waals surface area contributed by atoms with Gasteiger partial charge in [-0.3, -0.25) is 14.6 Å². The van der Waals surface area contributed by atoms with Crippen molar-refractivity contribution in [3.8, 4) is 11.5 Å². The molecule has 0 atom stereocenters. The minimum absolute atomic E-state index is 0.178. The van der Waals surface area contributed by atoms with Crippen LogP contribution in [0, 0.1) is 0 Å². The fraction of sp³-hybridized carbons (Fsp3) is 0.167. The number of methoxy groups -OCH3 is 1. The van der Waals surface area contributed by atoms with Gasteiger partial charge in [-0.2, -0.15) is 0 Å². The van der Waals surface area contributed by atoms with Gasteiger partial charge in [-0.25, -0.2) is 4.79 Å². The van der Waals surface area contributed by atoms with Crippen LogP contribution in [0.4, 0.5) is 5.69 Å². The maximum absolute atomic E-state index is 12.3. The Hall–Kier alpha value is -4.20. The van der Waals surface area contributed by atoms with Gasteiger partial charge in [0, 0.05) is 31.4 Å². The molecular formula is C24H23N3O5. The molecule has 3 rings (SSSR count). The van der Waals surface area contributed by atoms with Crippen LogP contribution in [0.2, 0.25) is 0 Å². The standard InChI is InChI=1S/C24H23N3O5/c1-25-23(29)21-15-20(11-12-26-21)32-19-8-3-5-16(13-19)9-10-22(28)27-18-7-4-6-17(14-18)24(30)31-2/h3-8,11-15H,9-10H2,1-2H3,(H,25,29)(H,27,28). The largest absolute Gasteiger partial charge is 0.465 e. The summed E-state index contributed by atoms with van der Waals surface area (Å²) in [5.74, 6) is 0.131. The Bertz CT molecular complexity index is 1130. The van der Waals surface area contributed by atoms with E-state index in [4.69, 9.17) is 9.47 Å². The van der Waals surface area contributed by atoms with Crippen molar-refractivity contribution in [1.82, 2.24) is 10.3 Å². The number of amides is 2. The molecule has 0 aliphatic rings. The second-order valence-corrected chi connectivity index (χ2v) is 6.83. The number of nitrogens with one attached hydrogen (secondary N) is 2. The van der Waals surface area contributed by atoms with Crippen molar-refractivity contribution in [3.63, 3.8) is 0 Å².